The summed E-state index contributed by atoms with van der Waals surface area (Å²) in [5, 5.41) is 0. The monoisotopic (exact) mass is 300 g/mol. The molecule has 0 aliphatic heterocycles. The van der Waals surface area contributed by atoms with Crippen LogP contribution in [0.15, 0.2) is 60.7 Å². The van der Waals surface area contributed by atoms with Crippen LogP contribution in [0.1, 0.15) is 34.1 Å². The Morgan fingerprint density at radius 1 is 0.818 bits per heavy atom. The molecule has 0 unspecified atom stereocenters. The molecule has 0 spiro atoms. The van der Waals surface area contributed by atoms with Crippen molar-refractivity contribution in [1.82, 2.24) is 0 Å². The molecule has 0 N–H and O–H groups in total. The fourth-order valence-corrected chi connectivity index (χ4v) is 1.32. The van der Waals surface area contributed by atoms with Crippen LogP contribution in [-0.4, -0.2) is 18.2 Å². The Morgan fingerprint density at radius 3 is 1.41 bits per heavy atom. The van der Waals surface area contributed by atoms with Gasteiger partial charge in [-0.2, -0.15) is 0 Å². The molecule has 0 radical (unpaired) electrons. The van der Waals surface area contributed by atoms with Crippen LogP contribution in [0.3, 0.4) is 0 Å². The van der Waals surface area contributed by atoms with Crippen LogP contribution in [0, 0.1) is 0 Å². The van der Waals surface area contributed by atoms with E-state index in [1.165, 1.54) is 0 Å². The standard InChI is InChI=1S/C14H10O4.C3H6O/c15-13(11-7-3-1-4-8-11)17-18-14(16)12-9-5-2-6-10-12;1-2-3-4/h1-10H;3H,2H2,1H3. The molecule has 0 aliphatic carbocycles. The Labute approximate surface area is 128 Å². The van der Waals surface area contributed by atoms with Gasteiger partial charge in [-0.05, 0) is 24.3 Å². The SMILES string of the molecule is CCC=O.O=C(OOC(=O)c1ccccc1)c1ccccc1. The maximum Gasteiger partial charge on any atom is 0.386 e. The van der Waals surface area contributed by atoms with Crippen LogP contribution in [0.2, 0.25) is 0 Å². The molecule has 2 aromatic rings. The maximum absolute atomic E-state index is 11.5. The third kappa shape index (κ3) is 6.00. The highest BCUT2D eigenvalue weighted by molar-refractivity contribution is 5.92. The summed E-state index contributed by atoms with van der Waals surface area (Å²) in [6.07, 6.45) is 1.51. The molecule has 0 aliphatic rings. The van der Waals surface area contributed by atoms with Gasteiger partial charge in [0.05, 0.1) is 11.1 Å². The fourth-order valence-electron chi connectivity index (χ4n) is 1.32. The number of hydrogen-bond acceptors (Lipinski definition) is 5. The lowest BCUT2D eigenvalue weighted by Crippen LogP contribution is -2.11. The zero-order valence-electron chi connectivity index (χ0n) is 12.1. The number of rotatable bonds is 3. The topological polar surface area (TPSA) is 69.7 Å². The first kappa shape index (κ1) is 17.1. The molecule has 0 atom stereocenters. The van der Waals surface area contributed by atoms with Gasteiger partial charge < -0.3 is 4.79 Å². The number of hydrogen-bond donors (Lipinski definition) is 0. The first-order valence-electron chi connectivity index (χ1n) is 6.66. The number of aldehydes is 1. The van der Waals surface area contributed by atoms with Gasteiger partial charge in [0.1, 0.15) is 6.29 Å². The van der Waals surface area contributed by atoms with E-state index in [0.29, 0.717) is 17.5 Å². The van der Waals surface area contributed by atoms with Crippen molar-refractivity contribution in [2.24, 2.45) is 0 Å². The van der Waals surface area contributed by atoms with Gasteiger partial charge in [-0.3, -0.25) is 0 Å². The second-order valence-electron chi connectivity index (χ2n) is 4.05. The van der Waals surface area contributed by atoms with E-state index in [2.05, 4.69) is 9.78 Å². The third-order valence-electron chi connectivity index (χ3n) is 2.38. The highest BCUT2D eigenvalue weighted by Gasteiger charge is 2.12. The van der Waals surface area contributed by atoms with E-state index in [1.807, 2.05) is 6.92 Å². The molecule has 5 heteroatoms. The van der Waals surface area contributed by atoms with Gasteiger partial charge in [0.25, 0.3) is 0 Å². The quantitative estimate of drug-likeness (QED) is 0.494. The summed E-state index contributed by atoms with van der Waals surface area (Å²) < 4.78 is 0. The normalized spacial score (nSPS) is 8.95. The van der Waals surface area contributed by atoms with Gasteiger partial charge >= 0.3 is 11.9 Å². The molecule has 0 aromatic heterocycles. The van der Waals surface area contributed by atoms with Crippen LogP contribution in [-0.2, 0) is 14.6 Å². The van der Waals surface area contributed by atoms with Crippen molar-refractivity contribution in [3.05, 3.63) is 71.8 Å². The van der Waals surface area contributed by atoms with Crippen molar-refractivity contribution >= 4 is 18.2 Å². The number of carbonyl (C=O) groups excluding carboxylic acids is 3. The third-order valence-corrected chi connectivity index (χ3v) is 2.38. The maximum atomic E-state index is 11.5. The Morgan fingerprint density at radius 2 is 1.14 bits per heavy atom. The zero-order valence-corrected chi connectivity index (χ0v) is 12.1. The second kappa shape index (κ2) is 9.88. The largest absolute Gasteiger partial charge is 0.386 e. The van der Waals surface area contributed by atoms with E-state index < -0.39 is 11.9 Å². The lowest BCUT2D eigenvalue weighted by Gasteiger charge is -2.02. The van der Waals surface area contributed by atoms with E-state index >= 15 is 0 Å². The van der Waals surface area contributed by atoms with Crippen LogP contribution in [0.5, 0.6) is 0 Å². The second-order valence-corrected chi connectivity index (χ2v) is 4.05. The van der Waals surface area contributed by atoms with Gasteiger partial charge in [-0.25, -0.2) is 19.4 Å². The molecule has 0 fully saturated rings. The minimum atomic E-state index is -0.708. The van der Waals surface area contributed by atoms with E-state index in [0.717, 1.165) is 6.29 Å². The molecule has 5 nitrogen and oxygen atoms in total. The van der Waals surface area contributed by atoms with Gasteiger partial charge in [-0.15, -0.1) is 0 Å². The molecule has 0 amide bonds. The minimum absolute atomic E-state index is 0.318. The average Bonchev–Trinajstić information content (AvgIpc) is 2.61. The van der Waals surface area contributed by atoms with Crippen molar-refractivity contribution in [1.29, 1.82) is 0 Å². The van der Waals surface area contributed by atoms with Crippen molar-refractivity contribution < 1.29 is 24.2 Å². The molecule has 0 saturated carbocycles. The van der Waals surface area contributed by atoms with Crippen LogP contribution in [0.25, 0.3) is 0 Å². The molecular weight excluding hydrogens is 284 g/mol. The number of benzene rings is 2. The zero-order chi connectivity index (χ0) is 16.2. The summed E-state index contributed by atoms with van der Waals surface area (Å²) in [6.45, 7) is 1.81. The molecular formula is C17H16O5. The van der Waals surface area contributed by atoms with Gasteiger partial charge in [-0.1, -0.05) is 43.3 Å². The smallest absolute Gasteiger partial charge is 0.303 e. The molecule has 2 aromatic carbocycles. The molecule has 114 valence electrons. The molecule has 0 bridgehead atoms. The summed E-state index contributed by atoms with van der Waals surface area (Å²) in [6, 6.07) is 16.6. The Kier molecular flexibility index (Phi) is 7.68. The predicted molar refractivity (Wildman–Crippen MR) is 80.1 cm³/mol. The predicted octanol–water partition coefficient (Wildman–Crippen LogP) is 3.21. The average molecular weight is 300 g/mol. The van der Waals surface area contributed by atoms with Crippen molar-refractivity contribution in [2.75, 3.05) is 0 Å². The van der Waals surface area contributed by atoms with Gasteiger partial charge in [0.15, 0.2) is 0 Å². The number of carbonyl (C=O) groups is 3. The van der Waals surface area contributed by atoms with Crippen molar-refractivity contribution in [3.8, 4) is 0 Å². The molecule has 22 heavy (non-hydrogen) atoms. The van der Waals surface area contributed by atoms with E-state index in [4.69, 9.17) is 0 Å². The van der Waals surface area contributed by atoms with Crippen LogP contribution in [0.4, 0.5) is 0 Å². The minimum Gasteiger partial charge on any atom is -0.303 e. The lowest BCUT2D eigenvalue weighted by molar-refractivity contribution is -0.187. The highest BCUT2D eigenvalue weighted by atomic mass is 17.2. The van der Waals surface area contributed by atoms with Crippen molar-refractivity contribution in [2.45, 2.75) is 13.3 Å². The Bertz CT molecular complexity index is 541. The summed E-state index contributed by atoms with van der Waals surface area (Å²) in [4.78, 5) is 41.0. The highest BCUT2D eigenvalue weighted by Crippen LogP contribution is 2.05. The van der Waals surface area contributed by atoms with Crippen molar-refractivity contribution in [3.63, 3.8) is 0 Å². The van der Waals surface area contributed by atoms with E-state index in [9.17, 15) is 14.4 Å². The Hall–Kier alpha value is -2.95. The lowest BCUT2D eigenvalue weighted by atomic mass is 10.2. The van der Waals surface area contributed by atoms with E-state index in [-0.39, 0.29) is 0 Å². The molecule has 0 heterocycles. The van der Waals surface area contributed by atoms with Gasteiger partial charge in [0.2, 0.25) is 0 Å². The molecule has 0 saturated heterocycles. The van der Waals surface area contributed by atoms with Crippen LogP contribution >= 0.6 is 0 Å². The van der Waals surface area contributed by atoms with Gasteiger partial charge in [0, 0.05) is 6.42 Å². The van der Waals surface area contributed by atoms with Crippen LogP contribution < -0.4 is 0 Å². The molecule has 2 rings (SSSR count). The van der Waals surface area contributed by atoms with E-state index in [1.54, 1.807) is 60.7 Å². The summed E-state index contributed by atoms with van der Waals surface area (Å²) in [7, 11) is 0. The first-order valence-corrected chi connectivity index (χ1v) is 6.66. The Balaban J connectivity index is 0.000000541. The first-order chi connectivity index (χ1) is 10.7. The summed E-state index contributed by atoms with van der Waals surface area (Å²) in [5.74, 6) is -1.42. The summed E-state index contributed by atoms with van der Waals surface area (Å²) >= 11 is 0. The summed E-state index contributed by atoms with van der Waals surface area (Å²) in [5.41, 5.74) is 0.636. The fraction of sp³-hybridized carbons (Fsp3) is 0.118.